The van der Waals surface area contributed by atoms with Gasteiger partial charge in [-0.1, -0.05) is 12.1 Å². The molecule has 42 heavy (non-hydrogen) atoms. The standard InChI is InChI=1S/C33H20N2O7/c36-29-15-16-30(37)34(29)23-3-1-5-27(19-23)41-25-11-7-21(8-12-25)33(40)22-9-13-26(14-10-22)42-28-6-2-4-24(20-28)35-31(38)17-18-32(35)39/h1-20H. The molecule has 4 aromatic rings. The molecule has 0 saturated carbocycles. The van der Waals surface area contributed by atoms with E-state index < -0.39 is 23.6 Å². The number of hydrogen-bond acceptors (Lipinski definition) is 7. The molecule has 4 aromatic carbocycles. The fraction of sp³-hybridized carbons (Fsp3) is 0. The van der Waals surface area contributed by atoms with Crippen LogP contribution in [0, 0.1) is 0 Å². The Morgan fingerprint density at radius 3 is 1.17 bits per heavy atom. The number of carbonyl (C=O) groups excluding carboxylic acids is 5. The highest BCUT2D eigenvalue weighted by Crippen LogP contribution is 2.30. The van der Waals surface area contributed by atoms with Crippen molar-refractivity contribution in [2.75, 3.05) is 9.80 Å². The van der Waals surface area contributed by atoms with Gasteiger partial charge in [0.1, 0.15) is 23.0 Å². The molecular weight excluding hydrogens is 536 g/mol. The monoisotopic (exact) mass is 556 g/mol. The molecule has 2 aliphatic heterocycles. The van der Waals surface area contributed by atoms with E-state index in [4.69, 9.17) is 9.47 Å². The largest absolute Gasteiger partial charge is 0.457 e. The van der Waals surface area contributed by atoms with Crippen molar-refractivity contribution in [2.45, 2.75) is 0 Å². The quantitative estimate of drug-likeness (QED) is 0.212. The van der Waals surface area contributed by atoms with E-state index in [1.54, 1.807) is 97.1 Å². The van der Waals surface area contributed by atoms with E-state index in [1.165, 1.54) is 24.3 Å². The van der Waals surface area contributed by atoms with Gasteiger partial charge in [-0.15, -0.1) is 0 Å². The van der Waals surface area contributed by atoms with Crippen LogP contribution in [0.25, 0.3) is 0 Å². The average Bonchev–Trinajstić information content (AvgIpc) is 3.52. The minimum atomic E-state index is -0.417. The SMILES string of the molecule is O=C(c1ccc(Oc2cccc(N3C(=O)C=CC3=O)c2)cc1)c1ccc(Oc2cccc(N3C(=O)C=CC3=O)c2)cc1. The fourth-order valence-corrected chi connectivity index (χ4v) is 4.47. The van der Waals surface area contributed by atoms with Gasteiger partial charge in [-0.25, -0.2) is 9.80 Å². The molecule has 0 fully saturated rings. The van der Waals surface area contributed by atoms with Gasteiger partial charge >= 0.3 is 0 Å². The average molecular weight is 557 g/mol. The van der Waals surface area contributed by atoms with Crippen molar-refractivity contribution in [3.63, 3.8) is 0 Å². The summed E-state index contributed by atoms with van der Waals surface area (Å²) in [5.41, 5.74) is 1.69. The lowest BCUT2D eigenvalue weighted by Crippen LogP contribution is -2.29. The zero-order valence-electron chi connectivity index (χ0n) is 21.8. The second-order valence-corrected chi connectivity index (χ2v) is 9.27. The molecule has 2 heterocycles. The molecule has 4 amide bonds. The van der Waals surface area contributed by atoms with Gasteiger partial charge in [0.25, 0.3) is 23.6 Å². The van der Waals surface area contributed by atoms with Gasteiger partial charge in [0.05, 0.1) is 11.4 Å². The number of nitrogens with zero attached hydrogens (tertiary/aromatic N) is 2. The lowest BCUT2D eigenvalue weighted by Gasteiger charge is -2.15. The summed E-state index contributed by atoms with van der Waals surface area (Å²) in [6.45, 7) is 0. The topological polar surface area (TPSA) is 110 Å². The fourth-order valence-electron chi connectivity index (χ4n) is 4.47. The second-order valence-electron chi connectivity index (χ2n) is 9.27. The maximum Gasteiger partial charge on any atom is 0.258 e. The van der Waals surface area contributed by atoms with Crippen LogP contribution in [0.1, 0.15) is 15.9 Å². The number of ether oxygens (including phenoxy) is 2. The first-order chi connectivity index (χ1) is 20.4. The van der Waals surface area contributed by atoms with E-state index in [-0.39, 0.29) is 5.78 Å². The maximum atomic E-state index is 13.1. The normalized spacial score (nSPS) is 14.2. The van der Waals surface area contributed by atoms with Crippen molar-refractivity contribution >= 4 is 40.8 Å². The van der Waals surface area contributed by atoms with Crippen LogP contribution in [0.3, 0.4) is 0 Å². The third kappa shape index (κ3) is 5.22. The maximum absolute atomic E-state index is 13.1. The van der Waals surface area contributed by atoms with Crippen molar-refractivity contribution in [3.05, 3.63) is 132 Å². The van der Waals surface area contributed by atoms with Crippen LogP contribution in [0.2, 0.25) is 0 Å². The van der Waals surface area contributed by atoms with Crippen LogP contribution in [0.15, 0.2) is 121 Å². The number of hydrogen-bond donors (Lipinski definition) is 0. The Labute approximate surface area is 239 Å². The van der Waals surface area contributed by atoms with Gasteiger partial charge in [-0.3, -0.25) is 24.0 Å². The summed E-state index contributed by atoms with van der Waals surface area (Å²) in [5, 5.41) is 0. The molecule has 0 N–H and O–H groups in total. The van der Waals surface area contributed by atoms with E-state index in [2.05, 4.69) is 0 Å². The zero-order valence-corrected chi connectivity index (χ0v) is 21.8. The molecule has 0 radical (unpaired) electrons. The zero-order chi connectivity index (χ0) is 29.2. The number of ketones is 1. The minimum Gasteiger partial charge on any atom is -0.457 e. The second kappa shape index (κ2) is 10.8. The molecule has 0 spiro atoms. The van der Waals surface area contributed by atoms with Crippen LogP contribution in [0.5, 0.6) is 23.0 Å². The minimum absolute atomic E-state index is 0.200. The van der Waals surface area contributed by atoms with Crippen LogP contribution >= 0.6 is 0 Å². The molecule has 0 aliphatic carbocycles. The summed E-state index contributed by atoms with van der Waals surface area (Å²) in [5.74, 6) is -0.0712. The van der Waals surface area contributed by atoms with Gasteiger partial charge in [0.2, 0.25) is 0 Å². The molecular formula is C33H20N2O7. The first-order valence-corrected chi connectivity index (χ1v) is 12.8. The molecule has 0 bridgehead atoms. The predicted molar refractivity (Wildman–Crippen MR) is 153 cm³/mol. The Kier molecular flexibility index (Phi) is 6.74. The van der Waals surface area contributed by atoms with Crippen LogP contribution in [-0.4, -0.2) is 29.4 Å². The lowest BCUT2D eigenvalue weighted by atomic mass is 10.0. The molecule has 9 nitrogen and oxygen atoms in total. The van der Waals surface area contributed by atoms with E-state index in [0.29, 0.717) is 45.5 Å². The Bertz CT molecular complexity index is 1650. The smallest absolute Gasteiger partial charge is 0.258 e. The van der Waals surface area contributed by atoms with Crippen LogP contribution < -0.4 is 19.3 Å². The molecule has 0 atom stereocenters. The summed E-state index contributed by atoms with van der Waals surface area (Å²) in [6.07, 6.45) is 4.86. The van der Waals surface area contributed by atoms with Crippen molar-refractivity contribution in [1.82, 2.24) is 0 Å². The van der Waals surface area contributed by atoms with Gasteiger partial charge < -0.3 is 9.47 Å². The van der Waals surface area contributed by atoms with Crippen molar-refractivity contribution in [1.29, 1.82) is 0 Å². The van der Waals surface area contributed by atoms with Gasteiger partial charge in [-0.05, 0) is 72.8 Å². The number of benzene rings is 4. The number of amides is 4. The summed E-state index contributed by atoms with van der Waals surface area (Å²) in [4.78, 5) is 63.0. The van der Waals surface area contributed by atoms with E-state index in [0.717, 1.165) is 9.80 Å². The highest BCUT2D eigenvalue weighted by molar-refractivity contribution is 6.28. The summed E-state index contributed by atoms with van der Waals surface area (Å²) >= 11 is 0. The van der Waals surface area contributed by atoms with Crippen LogP contribution in [0.4, 0.5) is 11.4 Å². The van der Waals surface area contributed by atoms with E-state index >= 15 is 0 Å². The summed E-state index contributed by atoms with van der Waals surface area (Å²) in [6, 6.07) is 26.4. The Morgan fingerprint density at radius 2 is 0.810 bits per heavy atom. The number of anilines is 2. The molecule has 6 rings (SSSR count). The lowest BCUT2D eigenvalue weighted by molar-refractivity contribution is -0.121. The molecule has 0 unspecified atom stereocenters. The number of carbonyl (C=O) groups is 5. The van der Waals surface area contributed by atoms with E-state index in [1.807, 2.05) is 0 Å². The Hall–Kier alpha value is -6.09. The van der Waals surface area contributed by atoms with E-state index in [9.17, 15) is 24.0 Å². The Balaban J connectivity index is 1.10. The Morgan fingerprint density at radius 1 is 0.452 bits per heavy atom. The van der Waals surface area contributed by atoms with Gasteiger partial charge in [0, 0.05) is 47.6 Å². The molecule has 0 aromatic heterocycles. The van der Waals surface area contributed by atoms with Crippen LogP contribution in [-0.2, 0) is 19.2 Å². The first kappa shape index (κ1) is 26.1. The third-order valence-corrected chi connectivity index (χ3v) is 6.47. The molecule has 204 valence electrons. The van der Waals surface area contributed by atoms with Crippen molar-refractivity contribution < 1.29 is 33.4 Å². The van der Waals surface area contributed by atoms with Crippen molar-refractivity contribution in [3.8, 4) is 23.0 Å². The number of rotatable bonds is 8. The number of imide groups is 2. The molecule has 9 heteroatoms. The molecule has 2 aliphatic rings. The van der Waals surface area contributed by atoms with Gasteiger partial charge in [-0.2, -0.15) is 0 Å². The third-order valence-electron chi connectivity index (χ3n) is 6.47. The summed E-state index contributed by atoms with van der Waals surface area (Å²) in [7, 11) is 0. The highest BCUT2D eigenvalue weighted by atomic mass is 16.5. The van der Waals surface area contributed by atoms with Gasteiger partial charge in [0.15, 0.2) is 5.78 Å². The first-order valence-electron chi connectivity index (χ1n) is 12.8. The predicted octanol–water partition coefficient (Wildman–Crippen LogP) is 5.36. The molecule has 0 saturated heterocycles. The highest BCUT2D eigenvalue weighted by Gasteiger charge is 2.26. The summed E-state index contributed by atoms with van der Waals surface area (Å²) < 4.78 is 11.7. The van der Waals surface area contributed by atoms with Crippen molar-refractivity contribution in [2.24, 2.45) is 0 Å².